The van der Waals surface area contributed by atoms with Gasteiger partial charge in [-0.25, -0.2) is 0 Å². The highest BCUT2D eigenvalue weighted by atomic mass is 32.1. The Balaban J connectivity index is 1.67. The van der Waals surface area contributed by atoms with E-state index in [1.165, 1.54) is 31.2 Å². The maximum Gasteiger partial charge on any atom is 0.244 e. The van der Waals surface area contributed by atoms with Crippen molar-refractivity contribution in [2.45, 2.75) is 63.2 Å². The molecule has 0 bridgehead atoms. The van der Waals surface area contributed by atoms with Crippen molar-refractivity contribution in [3.8, 4) is 0 Å². The van der Waals surface area contributed by atoms with E-state index in [0.717, 1.165) is 18.8 Å². The SMILES string of the molecule is CCC1CC1N1C(=O)C2(CCCC2)NC1c1ccsc1. The van der Waals surface area contributed by atoms with Crippen LogP contribution < -0.4 is 5.32 Å². The average molecular weight is 290 g/mol. The Morgan fingerprint density at radius 1 is 1.45 bits per heavy atom. The van der Waals surface area contributed by atoms with Gasteiger partial charge in [0.25, 0.3) is 0 Å². The van der Waals surface area contributed by atoms with Crippen LogP contribution in [-0.2, 0) is 4.79 Å². The fourth-order valence-electron chi connectivity index (χ4n) is 4.12. The van der Waals surface area contributed by atoms with Crippen molar-refractivity contribution < 1.29 is 4.79 Å². The van der Waals surface area contributed by atoms with Crippen LogP contribution >= 0.6 is 11.3 Å². The normalized spacial score (nSPS) is 35.1. The summed E-state index contributed by atoms with van der Waals surface area (Å²) in [6.07, 6.45) is 6.92. The van der Waals surface area contributed by atoms with E-state index >= 15 is 0 Å². The smallest absolute Gasteiger partial charge is 0.244 e. The zero-order chi connectivity index (χ0) is 13.7. The van der Waals surface area contributed by atoms with Crippen molar-refractivity contribution in [3.05, 3.63) is 22.4 Å². The maximum atomic E-state index is 13.0. The minimum Gasteiger partial charge on any atom is -0.318 e. The van der Waals surface area contributed by atoms with E-state index in [0.29, 0.717) is 11.9 Å². The molecule has 1 aromatic rings. The van der Waals surface area contributed by atoms with E-state index in [1.54, 1.807) is 11.3 Å². The molecule has 1 amide bonds. The van der Waals surface area contributed by atoms with Crippen LogP contribution in [0.5, 0.6) is 0 Å². The van der Waals surface area contributed by atoms with Gasteiger partial charge in [0.05, 0.1) is 5.54 Å². The lowest BCUT2D eigenvalue weighted by Crippen LogP contribution is -2.44. The molecule has 1 N–H and O–H groups in total. The molecule has 108 valence electrons. The summed E-state index contributed by atoms with van der Waals surface area (Å²) in [6.45, 7) is 2.24. The van der Waals surface area contributed by atoms with Crippen molar-refractivity contribution in [2.24, 2.45) is 5.92 Å². The summed E-state index contributed by atoms with van der Waals surface area (Å²) < 4.78 is 0. The minimum atomic E-state index is -0.243. The van der Waals surface area contributed by atoms with Gasteiger partial charge in [-0.3, -0.25) is 10.1 Å². The predicted octanol–water partition coefficient (Wildman–Crippen LogP) is 3.29. The molecule has 1 spiro atoms. The van der Waals surface area contributed by atoms with Gasteiger partial charge in [0.15, 0.2) is 0 Å². The Hall–Kier alpha value is -0.870. The van der Waals surface area contributed by atoms with Crippen LogP contribution in [0, 0.1) is 5.92 Å². The number of hydrogen-bond donors (Lipinski definition) is 1. The second-order valence-electron chi connectivity index (χ2n) is 6.58. The Morgan fingerprint density at radius 3 is 2.85 bits per heavy atom. The first-order chi connectivity index (χ1) is 9.75. The minimum absolute atomic E-state index is 0.119. The van der Waals surface area contributed by atoms with Gasteiger partial charge in [-0.05, 0) is 47.6 Å². The fourth-order valence-corrected chi connectivity index (χ4v) is 4.80. The molecule has 3 atom stereocenters. The summed E-state index contributed by atoms with van der Waals surface area (Å²) in [4.78, 5) is 15.2. The van der Waals surface area contributed by atoms with E-state index in [-0.39, 0.29) is 11.7 Å². The largest absolute Gasteiger partial charge is 0.318 e. The van der Waals surface area contributed by atoms with Gasteiger partial charge in [-0.1, -0.05) is 26.2 Å². The van der Waals surface area contributed by atoms with Crippen LogP contribution in [0.2, 0.25) is 0 Å². The standard InChI is InChI=1S/C16H22N2OS/c1-2-11-9-13(11)18-14(12-5-8-20-10-12)17-16(15(18)19)6-3-4-7-16/h5,8,10-11,13-14,17H,2-4,6-7,9H2,1H3. The Labute approximate surface area is 124 Å². The van der Waals surface area contributed by atoms with Gasteiger partial charge in [-0.15, -0.1) is 0 Å². The molecule has 3 unspecified atom stereocenters. The number of nitrogens with zero attached hydrogens (tertiary/aromatic N) is 1. The number of carbonyl (C=O) groups excluding carboxylic acids is 1. The number of hydrogen-bond acceptors (Lipinski definition) is 3. The number of nitrogens with one attached hydrogen (secondary N) is 1. The first-order valence-corrected chi connectivity index (χ1v) is 8.82. The zero-order valence-corrected chi connectivity index (χ0v) is 12.8. The van der Waals surface area contributed by atoms with Crippen LogP contribution in [0.4, 0.5) is 0 Å². The molecule has 3 nitrogen and oxygen atoms in total. The number of carbonyl (C=O) groups is 1. The topological polar surface area (TPSA) is 32.3 Å². The van der Waals surface area contributed by atoms with Gasteiger partial charge >= 0.3 is 0 Å². The molecule has 0 radical (unpaired) electrons. The highest BCUT2D eigenvalue weighted by Crippen LogP contribution is 2.49. The van der Waals surface area contributed by atoms with Gasteiger partial charge in [0.1, 0.15) is 6.17 Å². The van der Waals surface area contributed by atoms with E-state index in [9.17, 15) is 4.79 Å². The molecule has 1 aromatic heterocycles. The van der Waals surface area contributed by atoms with Crippen LogP contribution in [-0.4, -0.2) is 22.4 Å². The van der Waals surface area contributed by atoms with Gasteiger partial charge < -0.3 is 4.90 Å². The monoisotopic (exact) mass is 290 g/mol. The van der Waals surface area contributed by atoms with Crippen molar-refractivity contribution in [3.63, 3.8) is 0 Å². The van der Waals surface area contributed by atoms with Crippen molar-refractivity contribution in [1.82, 2.24) is 10.2 Å². The predicted molar refractivity (Wildman–Crippen MR) is 80.4 cm³/mol. The molecular formula is C16H22N2OS. The average Bonchev–Trinajstić information content (AvgIpc) is 2.90. The van der Waals surface area contributed by atoms with E-state index < -0.39 is 0 Å². The molecule has 2 saturated carbocycles. The quantitative estimate of drug-likeness (QED) is 0.926. The molecule has 1 saturated heterocycles. The maximum absolute atomic E-state index is 13.0. The van der Waals surface area contributed by atoms with Gasteiger partial charge in [-0.2, -0.15) is 11.3 Å². The highest BCUT2D eigenvalue weighted by Gasteiger charge is 2.58. The zero-order valence-electron chi connectivity index (χ0n) is 12.0. The lowest BCUT2D eigenvalue weighted by Gasteiger charge is -2.24. The Kier molecular flexibility index (Phi) is 2.93. The highest BCUT2D eigenvalue weighted by molar-refractivity contribution is 7.08. The summed E-state index contributed by atoms with van der Waals surface area (Å²) >= 11 is 1.72. The number of amides is 1. The first-order valence-electron chi connectivity index (χ1n) is 7.88. The Bertz CT molecular complexity index is 507. The van der Waals surface area contributed by atoms with Crippen molar-refractivity contribution in [2.75, 3.05) is 0 Å². The molecule has 3 fully saturated rings. The van der Waals surface area contributed by atoms with Crippen LogP contribution in [0.15, 0.2) is 16.8 Å². The molecule has 2 heterocycles. The van der Waals surface area contributed by atoms with Crippen LogP contribution in [0.1, 0.15) is 57.2 Å². The molecule has 0 aromatic carbocycles. The van der Waals surface area contributed by atoms with Gasteiger partial charge in [0, 0.05) is 6.04 Å². The van der Waals surface area contributed by atoms with Gasteiger partial charge in [0.2, 0.25) is 5.91 Å². The van der Waals surface area contributed by atoms with Crippen LogP contribution in [0.3, 0.4) is 0 Å². The Morgan fingerprint density at radius 2 is 2.25 bits per heavy atom. The summed E-state index contributed by atoms with van der Waals surface area (Å²) in [6, 6.07) is 2.64. The third-order valence-electron chi connectivity index (χ3n) is 5.42. The molecule has 2 aliphatic carbocycles. The van der Waals surface area contributed by atoms with E-state index in [4.69, 9.17) is 0 Å². The first kappa shape index (κ1) is 12.8. The third kappa shape index (κ3) is 1.77. The lowest BCUT2D eigenvalue weighted by atomic mass is 9.98. The van der Waals surface area contributed by atoms with E-state index in [2.05, 4.69) is 34.0 Å². The molecule has 4 heteroatoms. The number of rotatable bonds is 3. The molecule has 4 rings (SSSR count). The molecule has 20 heavy (non-hydrogen) atoms. The molecular weight excluding hydrogens is 268 g/mol. The molecule has 3 aliphatic rings. The third-order valence-corrected chi connectivity index (χ3v) is 6.12. The fraction of sp³-hybridized carbons (Fsp3) is 0.688. The van der Waals surface area contributed by atoms with E-state index in [1.807, 2.05) is 0 Å². The van der Waals surface area contributed by atoms with Crippen molar-refractivity contribution in [1.29, 1.82) is 0 Å². The van der Waals surface area contributed by atoms with Crippen molar-refractivity contribution >= 4 is 17.2 Å². The summed E-state index contributed by atoms with van der Waals surface area (Å²) in [5.41, 5.74) is 1.03. The second-order valence-corrected chi connectivity index (χ2v) is 7.36. The second kappa shape index (κ2) is 4.57. The summed E-state index contributed by atoms with van der Waals surface area (Å²) in [7, 11) is 0. The summed E-state index contributed by atoms with van der Waals surface area (Å²) in [5.74, 6) is 1.10. The van der Waals surface area contributed by atoms with Crippen LogP contribution in [0.25, 0.3) is 0 Å². The molecule has 1 aliphatic heterocycles. The number of thiophene rings is 1. The summed E-state index contributed by atoms with van der Waals surface area (Å²) in [5, 5.41) is 8.02. The lowest BCUT2D eigenvalue weighted by molar-refractivity contribution is -0.134.